The number of likely N-dealkylation sites (tertiary alicyclic amines) is 1. The molecule has 5 nitrogen and oxygen atoms in total. The van der Waals surface area contributed by atoms with E-state index in [0.29, 0.717) is 30.2 Å². The number of nitrogens with zero attached hydrogens (tertiary/aromatic N) is 2. The number of piperidine rings is 1. The van der Waals surface area contributed by atoms with Crippen LogP contribution in [0.4, 0.5) is 0 Å². The Hall–Kier alpha value is -2.14. The monoisotopic (exact) mass is 341 g/mol. The lowest BCUT2D eigenvalue weighted by Crippen LogP contribution is -2.40. The van der Waals surface area contributed by atoms with E-state index in [2.05, 4.69) is 45.7 Å². The Bertz CT molecular complexity index is 696. The van der Waals surface area contributed by atoms with Crippen LogP contribution in [0.2, 0.25) is 0 Å². The van der Waals surface area contributed by atoms with Gasteiger partial charge in [-0.1, -0.05) is 42.4 Å². The van der Waals surface area contributed by atoms with Gasteiger partial charge in [0.15, 0.2) is 0 Å². The van der Waals surface area contributed by atoms with Gasteiger partial charge in [-0.05, 0) is 44.2 Å². The zero-order valence-corrected chi connectivity index (χ0v) is 15.1. The van der Waals surface area contributed by atoms with E-state index >= 15 is 0 Å². The molecule has 0 radical (unpaired) electrons. The number of hydrogen-bond donors (Lipinski definition) is 1. The van der Waals surface area contributed by atoms with Crippen LogP contribution >= 0.6 is 0 Å². The average Bonchev–Trinajstić information content (AvgIpc) is 3.03. The number of aromatic nitrogens is 1. The molecule has 1 N–H and O–H groups in total. The molecular formula is C20H27N3O2. The summed E-state index contributed by atoms with van der Waals surface area (Å²) >= 11 is 0. The highest BCUT2D eigenvalue weighted by molar-refractivity contribution is 5.96. The highest BCUT2D eigenvalue weighted by Crippen LogP contribution is 2.26. The van der Waals surface area contributed by atoms with Gasteiger partial charge in [-0.3, -0.25) is 4.79 Å². The lowest BCUT2D eigenvalue weighted by Gasteiger charge is -2.33. The van der Waals surface area contributed by atoms with Crippen molar-refractivity contribution in [3.05, 3.63) is 52.9 Å². The fraction of sp³-hybridized carbons (Fsp3) is 0.500. The second kappa shape index (κ2) is 8.30. The molecule has 1 aliphatic rings. The minimum absolute atomic E-state index is 0.0766. The van der Waals surface area contributed by atoms with Crippen molar-refractivity contribution in [2.75, 3.05) is 26.2 Å². The maximum Gasteiger partial charge on any atom is 0.256 e. The summed E-state index contributed by atoms with van der Waals surface area (Å²) in [7, 11) is 0. The first-order valence-corrected chi connectivity index (χ1v) is 9.19. The van der Waals surface area contributed by atoms with Crippen molar-refractivity contribution in [3.63, 3.8) is 0 Å². The predicted molar refractivity (Wildman–Crippen MR) is 97.8 cm³/mol. The third-order valence-electron chi connectivity index (χ3n) is 4.99. The van der Waals surface area contributed by atoms with Gasteiger partial charge in [-0.15, -0.1) is 0 Å². The van der Waals surface area contributed by atoms with Crippen molar-refractivity contribution in [2.24, 2.45) is 0 Å². The fourth-order valence-corrected chi connectivity index (χ4v) is 3.62. The molecule has 1 aromatic heterocycles. The van der Waals surface area contributed by atoms with Crippen molar-refractivity contribution in [1.29, 1.82) is 0 Å². The summed E-state index contributed by atoms with van der Waals surface area (Å²) in [5, 5.41) is 6.97. The predicted octanol–water partition coefficient (Wildman–Crippen LogP) is 3.15. The van der Waals surface area contributed by atoms with Crippen LogP contribution in [0.15, 0.2) is 34.9 Å². The lowest BCUT2D eigenvalue weighted by molar-refractivity contribution is 0.0943. The average molecular weight is 341 g/mol. The Morgan fingerprint density at radius 2 is 2.16 bits per heavy atom. The number of aryl methyl sites for hydroxylation is 2. The summed E-state index contributed by atoms with van der Waals surface area (Å²) in [6.45, 7) is 7.45. The summed E-state index contributed by atoms with van der Waals surface area (Å²) in [6.07, 6.45) is 3.15. The van der Waals surface area contributed by atoms with Crippen LogP contribution in [-0.4, -0.2) is 42.1 Å². The number of rotatable bonds is 6. The lowest BCUT2D eigenvalue weighted by atomic mass is 9.91. The van der Waals surface area contributed by atoms with Crippen LogP contribution in [0.3, 0.4) is 0 Å². The number of amides is 1. The molecule has 0 spiro atoms. The maximum absolute atomic E-state index is 12.4. The molecule has 0 bridgehead atoms. The van der Waals surface area contributed by atoms with Gasteiger partial charge in [0.05, 0.1) is 5.69 Å². The second-order valence-electron chi connectivity index (χ2n) is 6.72. The molecule has 1 aromatic carbocycles. The Morgan fingerprint density at radius 3 is 2.92 bits per heavy atom. The second-order valence-corrected chi connectivity index (χ2v) is 6.72. The van der Waals surface area contributed by atoms with Gasteiger partial charge in [-0.25, -0.2) is 0 Å². The minimum Gasteiger partial charge on any atom is -0.361 e. The van der Waals surface area contributed by atoms with E-state index in [1.807, 2.05) is 6.92 Å². The molecule has 5 heteroatoms. The summed E-state index contributed by atoms with van der Waals surface area (Å²) in [4.78, 5) is 14.9. The Balaban J connectivity index is 1.50. The third-order valence-corrected chi connectivity index (χ3v) is 4.99. The van der Waals surface area contributed by atoms with Gasteiger partial charge in [0.2, 0.25) is 0 Å². The fourth-order valence-electron chi connectivity index (χ4n) is 3.62. The minimum atomic E-state index is -0.0766. The normalized spacial score (nSPS) is 18.2. The van der Waals surface area contributed by atoms with E-state index in [0.717, 1.165) is 25.3 Å². The van der Waals surface area contributed by atoms with Gasteiger partial charge in [0.25, 0.3) is 5.91 Å². The van der Waals surface area contributed by atoms with E-state index in [4.69, 9.17) is 4.52 Å². The van der Waals surface area contributed by atoms with Crippen molar-refractivity contribution in [2.45, 2.75) is 39.0 Å². The number of nitrogens with one attached hydrogen (secondary N) is 1. The Morgan fingerprint density at radius 1 is 1.36 bits per heavy atom. The standard InChI is InChI=1S/C20H27N3O2/c1-3-18-19(15(2)25-22-18)20(24)21-11-13-23-12-7-10-17(14-23)16-8-5-4-6-9-16/h4-6,8-9,17H,3,7,10-14H2,1-2H3,(H,21,24). The molecule has 1 unspecified atom stereocenters. The molecule has 1 atom stereocenters. The van der Waals surface area contributed by atoms with Crippen LogP contribution < -0.4 is 5.32 Å². The van der Waals surface area contributed by atoms with E-state index in [9.17, 15) is 4.79 Å². The highest BCUT2D eigenvalue weighted by Gasteiger charge is 2.22. The smallest absolute Gasteiger partial charge is 0.256 e. The zero-order valence-electron chi connectivity index (χ0n) is 15.1. The largest absolute Gasteiger partial charge is 0.361 e. The molecule has 1 fully saturated rings. The topological polar surface area (TPSA) is 58.4 Å². The first kappa shape index (κ1) is 17.7. The number of hydrogen-bond acceptors (Lipinski definition) is 4. The Labute approximate surface area is 149 Å². The molecule has 1 aliphatic heterocycles. The van der Waals surface area contributed by atoms with E-state index in [1.54, 1.807) is 6.92 Å². The van der Waals surface area contributed by atoms with Crippen molar-refractivity contribution in [3.8, 4) is 0 Å². The molecule has 3 rings (SSSR count). The van der Waals surface area contributed by atoms with Crippen LogP contribution in [-0.2, 0) is 6.42 Å². The summed E-state index contributed by atoms with van der Waals surface area (Å²) in [5.74, 6) is 1.11. The summed E-state index contributed by atoms with van der Waals surface area (Å²) in [6, 6.07) is 10.7. The zero-order chi connectivity index (χ0) is 17.6. The quantitative estimate of drug-likeness (QED) is 0.877. The third kappa shape index (κ3) is 4.28. The van der Waals surface area contributed by atoms with E-state index in [-0.39, 0.29) is 5.91 Å². The van der Waals surface area contributed by atoms with Gasteiger partial charge in [-0.2, -0.15) is 0 Å². The SMILES string of the molecule is CCc1noc(C)c1C(=O)NCCN1CCCC(c2ccccc2)C1. The van der Waals surface area contributed by atoms with Crippen molar-refractivity contribution < 1.29 is 9.32 Å². The molecule has 1 amide bonds. The maximum atomic E-state index is 12.4. The van der Waals surface area contributed by atoms with Gasteiger partial charge < -0.3 is 14.7 Å². The van der Waals surface area contributed by atoms with Crippen LogP contribution in [0, 0.1) is 6.92 Å². The van der Waals surface area contributed by atoms with Crippen LogP contribution in [0.5, 0.6) is 0 Å². The summed E-state index contributed by atoms with van der Waals surface area (Å²) in [5.41, 5.74) is 2.75. The highest BCUT2D eigenvalue weighted by atomic mass is 16.5. The molecule has 2 aromatic rings. The molecule has 1 saturated heterocycles. The number of carbonyl (C=O) groups excluding carboxylic acids is 1. The van der Waals surface area contributed by atoms with Gasteiger partial charge in [0, 0.05) is 19.6 Å². The molecule has 25 heavy (non-hydrogen) atoms. The summed E-state index contributed by atoms with van der Waals surface area (Å²) < 4.78 is 5.15. The molecule has 0 saturated carbocycles. The van der Waals surface area contributed by atoms with Crippen LogP contribution in [0.1, 0.15) is 53.1 Å². The molecule has 2 heterocycles. The molecular weight excluding hydrogens is 314 g/mol. The number of benzene rings is 1. The van der Waals surface area contributed by atoms with Gasteiger partial charge in [0.1, 0.15) is 11.3 Å². The van der Waals surface area contributed by atoms with E-state index < -0.39 is 0 Å². The van der Waals surface area contributed by atoms with Gasteiger partial charge >= 0.3 is 0 Å². The Kier molecular flexibility index (Phi) is 5.87. The van der Waals surface area contributed by atoms with Crippen molar-refractivity contribution >= 4 is 5.91 Å². The first-order valence-electron chi connectivity index (χ1n) is 9.19. The van der Waals surface area contributed by atoms with E-state index in [1.165, 1.54) is 18.4 Å². The van der Waals surface area contributed by atoms with Crippen molar-refractivity contribution in [1.82, 2.24) is 15.4 Å². The number of carbonyl (C=O) groups is 1. The molecule has 134 valence electrons. The first-order chi connectivity index (χ1) is 12.2. The van der Waals surface area contributed by atoms with Crippen LogP contribution in [0.25, 0.3) is 0 Å². The molecule has 0 aliphatic carbocycles.